The van der Waals surface area contributed by atoms with Crippen molar-refractivity contribution < 1.29 is 14.4 Å². The van der Waals surface area contributed by atoms with E-state index in [0.29, 0.717) is 17.0 Å². The molecule has 122 valence electrons. The van der Waals surface area contributed by atoms with E-state index < -0.39 is 5.91 Å². The van der Waals surface area contributed by atoms with Gasteiger partial charge in [-0.3, -0.25) is 14.4 Å². The molecule has 0 atom stereocenters. The van der Waals surface area contributed by atoms with Crippen LogP contribution in [-0.4, -0.2) is 23.5 Å². The number of anilines is 2. The zero-order chi connectivity index (χ0) is 17.1. The number of amides is 3. The Morgan fingerprint density at radius 2 is 1.92 bits per heavy atom. The van der Waals surface area contributed by atoms with E-state index in [1.165, 1.54) is 11.8 Å². The Kier molecular flexibility index (Phi) is 4.52. The lowest BCUT2D eigenvalue weighted by Gasteiger charge is -2.17. The quantitative estimate of drug-likeness (QED) is 0.792. The summed E-state index contributed by atoms with van der Waals surface area (Å²) in [6.07, 6.45) is 0.186. The summed E-state index contributed by atoms with van der Waals surface area (Å²) in [4.78, 5) is 35.6. The second-order valence-corrected chi connectivity index (χ2v) is 6.35. The van der Waals surface area contributed by atoms with Gasteiger partial charge in [0.25, 0.3) is 0 Å². The molecule has 2 aromatic carbocycles. The predicted octanol–water partition coefficient (Wildman–Crippen LogP) is 2.01. The predicted molar refractivity (Wildman–Crippen MR) is 93.1 cm³/mol. The maximum absolute atomic E-state index is 12.1. The Hall–Kier alpha value is -2.80. The van der Waals surface area contributed by atoms with E-state index in [1.54, 1.807) is 24.3 Å². The molecule has 0 bridgehead atoms. The van der Waals surface area contributed by atoms with Crippen molar-refractivity contribution in [3.8, 4) is 0 Å². The van der Waals surface area contributed by atoms with Crippen molar-refractivity contribution in [1.29, 1.82) is 0 Å². The molecule has 3 rings (SSSR count). The summed E-state index contributed by atoms with van der Waals surface area (Å²) in [6.45, 7) is 0. The number of nitrogens with two attached hydrogens (primary N) is 1. The number of primary amides is 1. The fourth-order valence-corrected chi connectivity index (χ4v) is 3.14. The molecule has 24 heavy (non-hydrogen) atoms. The van der Waals surface area contributed by atoms with Gasteiger partial charge in [-0.15, -0.1) is 11.8 Å². The summed E-state index contributed by atoms with van der Waals surface area (Å²) >= 11 is 1.48. The summed E-state index contributed by atoms with van der Waals surface area (Å²) in [7, 11) is 0. The molecule has 3 amide bonds. The molecule has 0 aliphatic carbocycles. The zero-order valence-electron chi connectivity index (χ0n) is 12.7. The van der Waals surface area contributed by atoms with E-state index >= 15 is 0 Å². The lowest BCUT2D eigenvalue weighted by Crippen LogP contribution is -2.19. The van der Waals surface area contributed by atoms with Gasteiger partial charge in [-0.2, -0.15) is 0 Å². The van der Waals surface area contributed by atoms with Crippen molar-refractivity contribution in [3.63, 3.8) is 0 Å². The minimum atomic E-state index is -0.512. The molecule has 0 aromatic heterocycles. The van der Waals surface area contributed by atoms with Gasteiger partial charge >= 0.3 is 0 Å². The van der Waals surface area contributed by atoms with Crippen LogP contribution in [0.15, 0.2) is 47.4 Å². The first-order chi connectivity index (χ1) is 11.5. The lowest BCUT2D eigenvalue weighted by atomic mass is 10.1. The minimum absolute atomic E-state index is 0.0383. The van der Waals surface area contributed by atoms with Crippen LogP contribution >= 0.6 is 11.8 Å². The van der Waals surface area contributed by atoms with Gasteiger partial charge in [0, 0.05) is 16.1 Å². The first-order valence-electron chi connectivity index (χ1n) is 7.26. The van der Waals surface area contributed by atoms with E-state index in [0.717, 1.165) is 16.1 Å². The Balaban J connectivity index is 1.65. The van der Waals surface area contributed by atoms with Crippen LogP contribution in [0.5, 0.6) is 0 Å². The second-order valence-electron chi connectivity index (χ2n) is 5.33. The normalized spacial score (nSPS) is 12.9. The number of fused-ring (bicyclic) bond motifs is 1. The molecule has 0 radical (unpaired) electrons. The van der Waals surface area contributed by atoms with Crippen LogP contribution in [0.3, 0.4) is 0 Å². The van der Waals surface area contributed by atoms with Crippen molar-refractivity contribution >= 4 is 40.9 Å². The fraction of sp³-hybridized carbons (Fsp3) is 0.118. The molecule has 1 aliphatic heterocycles. The summed E-state index contributed by atoms with van der Waals surface area (Å²) in [6, 6.07) is 12.0. The molecule has 6 nitrogen and oxygen atoms in total. The number of rotatable bonds is 4. The number of thioether (sulfide) groups is 1. The van der Waals surface area contributed by atoms with Crippen molar-refractivity contribution in [3.05, 3.63) is 53.6 Å². The van der Waals surface area contributed by atoms with E-state index in [9.17, 15) is 14.4 Å². The van der Waals surface area contributed by atoms with E-state index in [2.05, 4.69) is 10.6 Å². The monoisotopic (exact) mass is 341 g/mol. The highest BCUT2D eigenvalue weighted by Gasteiger charge is 2.16. The van der Waals surface area contributed by atoms with Gasteiger partial charge < -0.3 is 16.4 Å². The third-order valence-corrected chi connectivity index (χ3v) is 4.57. The number of nitrogens with one attached hydrogen (secondary N) is 2. The second kappa shape index (κ2) is 6.76. The first-order valence-corrected chi connectivity index (χ1v) is 8.25. The molecular formula is C17H15N3O3S. The van der Waals surface area contributed by atoms with E-state index in [1.807, 2.05) is 18.2 Å². The van der Waals surface area contributed by atoms with Gasteiger partial charge in [0.2, 0.25) is 17.7 Å². The maximum Gasteiger partial charge on any atom is 0.248 e. The number of hydrogen-bond donors (Lipinski definition) is 3. The molecule has 2 aromatic rings. The third kappa shape index (κ3) is 3.75. The summed E-state index contributed by atoms with van der Waals surface area (Å²) in [5.41, 5.74) is 7.70. The highest BCUT2D eigenvalue weighted by molar-refractivity contribution is 8.00. The van der Waals surface area contributed by atoms with Crippen LogP contribution < -0.4 is 16.4 Å². The maximum atomic E-state index is 12.1. The van der Waals surface area contributed by atoms with Gasteiger partial charge in [-0.05, 0) is 42.0 Å². The van der Waals surface area contributed by atoms with Gasteiger partial charge in [-0.1, -0.05) is 6.07 Å². The Morgan fingerprint density at radius 3 is 2.62 bits per heavy atom. The molecule has 1 aliphatic rings. The van der Waals surface area contributed by atoms with Crippen LogP contribution in [-0.2, 0) is 16.0 Å². The number of benzene rings is 2. The van der Waals surface area contributed by atoms with Gasteiger partial charge in [-0.25, -0.2) is 0 Å². The Morgan fingerprint density at radius 1 is 1.17 bits per heavy atom. The molecule has 0 saturated carbocycles. The van der Waals surface area contributed by atoms with Gasteiger partial charge in [0.1, 0.15) is 0 Å². The molecule has 0 saturated heterocycles. The molecular weight excluding hydrogens is 326 g/mol. The topological polar surface area (TPSA) is 101 Å². The lowest BCUT2D eigenvalue weighted by molar-refractivity contribution is -0.115. The fourth-order valence-electron chi connectivity index (χ4n) is 2.35. The number of hydrogen-bond acceptors (Lipinski definition) is 4. The SMILES string of the molecule is NC(=O)c1ccc(NC(=O)Cc2ccc3c(c2)NC(=O)CS3)cc1. The first kappa shape index (κ1) is 16.1. The van der Waals surface area contributed by atoms with Crippen molar-refractivity contribution in [2.45, 2.75) is 11.3 Å². The molecule has 1 heterocycles. The number of carbonyl (C=O) groups excluding carboxylic acids is 3. The summed E-state index contributed by atoms with van der Waals surface area (Å²) in [5, 5.41) is 5.57. The van der Waals surface area contributed by atoms with Crippen molar-refractivity contribution in [1.82, 2.24) is 0 Å². The molecule has 0 spiro atoms. The van der Waals surface area contributed by atoms with Gasteiger partial charge in [0.05, 0.1) is 17.9 Å². The van der Waals surface area contributed by atoms with Crippen LogP contribution in [0.2, 0.25) is 0 Å². The van der Waals surface area contributed by atoms with Crippen molar-refractivity contribution in [2.75, 3.05) is 16.4 Å². The number of carbonyl (C=O) groups is 3. The van der Waals surface area contributed by atoms with Crippen LogP contribution in [0.4, 0.5) is 11.4 Å². The van der Waals surface area contributed by atoms with Crippen LogP contribution in [0, 0.1) is 0 Å². The van der Waals surface area contributed by atoms with Crippen LogP contribution in [0.1, 0.15) is 15.9 Å². The standard InChI is InChI=1S/C17H15N3O3S/c18-17(23)11-2-4-12(5-3-11)19-15(21)8-10-1-6-14-13(7-10)20-16(22)9-24-14/h1-7H,8-9H2,(H2,18,23)(H,19,21)(H,20,22). The Bertz CT molecular complexity index is 818. The summed E-state index contributed by atoms with van der Waals surface area (Å²) < 4.78 is 0. The average molecular weight is 341 g/mol. The minimum Gasteiger partial charge on any atom is -0.366 e. The van der Waals surface area contributed by atoms with Crippen LogP contribution in [0.25, 0.3) is 0 Å². The molecule has 0 fully saturated rings. The molecule has 4 N–H and O–H groups in total. The zero-order valence-corrected chi connectivity index (χ0v) is 13.5. The average Bonchev–Trinajstić information content (AvgIpc) is 2.54. The smallest absolute Gasteiger partial charge is 0.248 e. The highest BCUT2D eigenvalue weighted by Crippen LogP contribution is 2.32. The van der Waals surface area contributed by atoms with Gasteiger partial charge in [0.15, 0.2) is 0 Å². The van der Waals surface area contributed by atoms with Crippen molar-refractivity contribution in [2.24, 2.45) is 5.73 Å². The third-order valence-electron chi connectivity index (χ3n) is 3.49. The largest absolute Gasteiger partial charge is 0.366 e. The molecule has 7 heteroatoms. The van der Waals surface area contributed by atoms with E-state index in [-0.39, 0.29) is 18.2 Å². The molecule has 0 unspecified atom stereocenters. The summed E-state index contributed by atoms with van der Waals surface area (Å²) in [5.74, 6) is -0.323. The van der Waals surface area contributed by atoms with E-state index in [4.69, 9.17) is 5.73 Å². The highest BCUT2D eigenvalue weighted by atomic mass is 32.2. The Labute approximate surface area is 142 Å².